The number of fused-ring (bicyclic) bond motifs is 1. The molecule has 3 rings (SSSR count). The highest BCUT2D eigenvalue weighted by Crippen LogP contribution is 2.29. The van der Waals surface area contributed by atoms with Crippen LogP contribution in [0, 0.1) is 13.8 Å². The Kier molecular flexibility index (Phi) is 6.75. The van der Waals surface area contributed by atoms with E-state index in [2.05, 4.69) is 21.4 Å². The van der Waals surface area contributed by atoms with Crippen molar-refractivity contribution >= 4 is 40.7 Å². The molecule has 0 saturated carbocycles. The molecule has 0 aliphatic rings. The molecule has 6 heteroatoms. The average molecular weight is 385 g/mol. The van der Waals surface area contributed by atoms with Crippen LogP contribution in [-0.4, -0.2) is 33.9 Å². The van der Waals surface area contributed by atoms with Gasteiger partial charge in [-0.2, -0.15) is 0 Å². The fourth-order valence-corrected chi connectivity index (χ4v) is 3.02. The molecule has 0 aliphatic carbocycles. The number of rotatable bonds is 5. The number of nitrogens with one attached hydrogen (secondary N) is 1. The Labute approximate surface area is 166 Å². The monoisotopic (exact) mass is 384 g/mol. The van der Waals surface area contributed by atoms with Crippen LogP contribution in [-0.2, 0) is 0 Å². The first-order valence-electron chi connectivity index (χ1n) is 8.92. The molecule has 3 aromatic rings. The summed E-state index contributed by atoms with van der Waals surface area (Å²) in [5.41, 5.74) is 4.94. The Morgan fingerprint density at radius 3 is 2.52 bits per heavy atom. The van der Waals surface area contributed by atoms with Crippen LogP contribution in [0.5, 0.6) is 0 Å². The fraction of sp³-hybridized carbons (Fsp3) is 0.286. The molecule has 0 saturated heterocycles. The molecule has 0 unspecified atom stereocenters. The van der Waals surface area contributed by atoms with Gasteiger partial charge < -0.3 is 10.2 Å². The van der Waals surface area contributed by atoms with Gasteiger partial charge >= 0.3 is 0 Å². The number of amides is 1. The third-order valence-corrected chi connectivity index (χ3v) is 4.44. The summed E-state index contributed by atoms with van der Waals surface area (Å²) in [6, 6.07) is 12.0. The van der Waals surface area contributed by atoms with Crippen molar-refractivity contribution in [2.75, 3.05) is 18.4 Å². The molecular formula is C21H25ClN4O. The van der Waals surface area contributed by atoms with E-state index < -0.39 is 0 Å². The van der Waals surface area contributed by atoms with Gasteiger partial charge in [0, 0.05) is 36.1 Å². The summed E-state index contributed by atoms with van der Waals surface area (Å²) in [6.07, 6.45) is 1.63. The van der Waals surface area contributed by atoms with Gasteiger partial charge in [-0.15, -0.1) is 12.4 Å². The molecule has 142 valence electrons. The average Bonchev–Trinajstić information content (AvgIpc) is 2.62. The van der Waals surface area contributed by atoms with E-state index in [4.69, 9.17) is 0 Å². The van der Waals surface area contributed by atoms with Crippen LogP contribution in [0.25, 0.3) is 11.0 Å². The summed E-state index contributed by atoms with van der Waals surface area (Å²) in [6.45, 7) is 9.25. The zero-order valence-corrected chi connectivity index (χ0v) is 16.9. The number of aromatic nitrogens is 2. The molecule has 0 radical (unpaired) electrons. The Balaban J connectivity index is 0.00000261. The van der Waals surface area contributed by atoms with Crippen molar-refractivity contribution in [3.8, 4) is 0 Å². The molecule has 1 aromatic carbocycles. The van der Waals surface area contributed by atoms with Crippen LogP contribution in [0.1, 0.15) is 35.5 Å². The zero-order valence-electron chi connectivity index (χ0n) is 16.1. The number of aryl methyl sites for hydroxylation is 2. The van der Waals surface area contributed by atoms with E-state index in [1.807, 2.05) is 58.0 Å². The SMILES string of the molecule is CCN(CC)C(=O)c1cnc2nc(C)ccc2c1Nc1cccc(C)c1.Cl. The third-order valence-electron chi connectivity index (χ3n) is 4.44. The summed E-state index contributed by atoms with van der Waals surface area (Å²) in [5.74, 6) is -0.0277. The molecular weight excluding hydrogens is 360 g/mol. The number of anilines is 2. The van der Waals surface area contributed by atoms with Crippen LogP contribution in [0.4, 0.5) is 11.4 Å². The summed E-state index contributed by atoms with van der Waals surface area (Å²) in [7, 11) is 0. The second-order valence-corrected chi connectivity index (χ2v) is 6.34. The minimum Gasteiger partial charge on any atom is -0.354 e. The van der Waals surface area contributed by atoms with Gasteiger partial charge in [0.2, 0.25) is 0 Å². The van der Waals surface area contributed by atoms with Crippen molar-refractivity contribution in [1.82, 2.24) is 14.9 Å². The molecule has 0 fully saturated rings. The van der Waals surface area contributed by atoms with Crippen molar-refractivity contribution in [2.24, 2.45) is 0 Å². The maximum Gasteiger partial charge on any atom is 0.257 e. The number of carbonyl (C=O) groups is 1. The van der Waals surface area contributed by atoms with Crippen molar-refractivity contribution in [2.45, 2.75) is 27.7 Å². The standard InChI is InChI=1S/C21H24N4O.ClH/c1-5-25(6-2)21(26)18-13-22-20-17(11-10-15(4)23-20)19(18)24-16-9-7-8-14(3)12-16;/h7-13H,5-6H2,1-4H3,(H,22,23,24);1H. The first-order valence-corrected chi connectivity index (χ1v) is 8.92. The van der Waals surface area contributed by atoms with Gasteiger partial charge in [-0.1, -0.05) is 12.1 Å². The molecule has 0 bridgehead atoms. The zero-order chi connectivity index (χ0) is 18.7. The molecule has 2 heterocycles. The number of halogens is 1. The van der Waals surface area contributed by atoms with E-state index in [-0.39, 0.29) is 18.3 Å². The lowest BCUT2D eigenvalue weighted by molar-refractivity contribution is 0.0774. The predicted molar refractivity (Wildman–Crippen MR) is 113 cm³/mol. The maximum absolute atomic E-state index is 13.0. The molecule has 0 aliphatic heterocycles. The minimum absolute atomic E-state index is 0. The normalized spacial score (nSPS) is 10.4. The smallest absolute Gasteiger partial charge is 0.257 e. The quantitative estimate of drug-likeness (QED) is 0.680. The largest absolute Gasteiger partial charge is 0.354 e. The Morgan fingerprint density at radius 2 is 1.85 bits per heavy atom. The molecule has 0 spiro atoms. The summed E-state index contributed by atoms with van der Waals surface area (Å²) in [5, 5.41) is 4.27. The van der Waals surface area contributed by atoms with E-state index in [1.165, 1.54) is 0 Å². The van der Waals surface area contributed by atoms with Gasteiger partial charge in [-0.25, -0.2) is 9.97 Å². The van der Waals surface area contributed by atoms with Gasteiger partial charge in [-0.05, 0) is 57.5 Å². The number of benzene rings is 1. The van der Waals surface area contributed by atoms with Gasteiger partial charge in [0.1, 0.15) is 0 Å². The molecule has 5 nitrogen and oxygen atoms in total. The minimum atomic E-state index is -0.0277. The summed E-state index contributed by atoms with van der Waals surface area (Å²) >= 11 is 0. The highest BCUT2D eigenvalue weighted by molar-refractivity contribution is 6.07. The molecule has 27 heavy (non-hydrogen) atoms. The van der Waals surface area contributed by atoms with Crippen LogP contribution < -0.4 is 5.32 Å². The highest BCUT2D eigenvalue weighted by atomic mass is 35.5. The van der Waals surface area contributed by atoms with Crippen molar-refractivity contribution in [3.05, 3.63) is 59.4 Å². The van der Waals surface area contributed by atoms with Crippen LogP contribution in [0.15, 0.2) is 42.6 Å². The third kappa shape index (κ3) is 4.37. The van der Waals surface area contributed by atoms with Crippen LogP contribution in [0.2, 0.25) is 0 Å². The predicted octanol–water partition coefficient (Wildman–Crippen LogP) is 4.89. The van der Waals surface area contributed by atoms with E-state index >= 15 is 0 Å². The molecule has 0 atom stereocenters. The van der Waals surface area contributed by atoms with E-state index in [0.717, 1.165) is 28.0 Å². The van der Waals surface area contributed by atoms with Crippen LogP contribution >= 0.6 is 12.4 Å². The van der Waals surface area contributed by atoms with Crippen molar-refractivity contribution in [1.29, 1.82) is 0 Å². The Bertz CT molecular complexity index is 954. The lowest BCUT2D eigenvalue weighted by Crippen LogP contribution is -2.31. The second kappa shape index (κ2) is 8.82. The van der Waals surface area contributed by atoms with Gasteiger partial charge in [-0.3, -0.25) is 4.79 Å². The van der Waals surface area contributed by atoms with Gasteiger partial charge in [0.05, 0.1) is 11.3 Å². The number of hydrogen-bond donors (Lipinski definition) is 1. The van der Waals surface area contributed by atoms with Crippen molar-refractivity contribution < 1.29 is 4.79 Å². The number of nitrogens with zero attached hydrogens (tertiary/aromatic N) is 3. The lowest BCUT2D eigenvalue weighted by atomic mass is 10.1. The number of hydrogen-bond acceptors (Lipinski definition) is 4. The number of carbonyl (C=O) groups excluding carboxylic acids is 1. The van der Waals surface area contributed by atoms with Crippen LogP contribution in [0.3, 0.4) is 0 Å². The molecule has 1 N–H and O–H groups in total. The number of pyridine rings is 2. The first kappa shape index (κ1) is 20.6. The van der Waals surface area contributed by atoms with Gasteiger partial charge in [0.25, 0.3) is 5.91 Å². The van der Waals surface area contributed by atoms with E-state index in [1.54, 1.807) is 11.1 Å². The fourth-order valence-electron chi connectivity index (χ4n) is 3.02. The molecule has 1 amide bonds. The first-order chi connectivity index (χ1) is 12.5. The summed E-state index contributed by atoms with van der Waals surface area (Å²) in [4.78, 5) is 23.8. The Hall–Kier alpha value is -2.66. The highest BCUT2D eigenvalue weighted by Gasteiger charge is 2.20. The van der Waals surface area contributed by atoms with E-state index in [0.29, 0.717) is 24.3 Å². The maximum atomic E-state index is 13.0. The molecule has 2 aromatic heterocycles. The summed E-state index contributed by atoms with van der Waals surface area (Å²) < 4.78 is 0. The lowest BCUT2D eigenvalue weighted by Gasteiger charge is -2.21. The second-order valence-electron chi connectivity index (χ2n) is 6.34. The Morgan fingerprint density at radius 1 is 1.11 bits per heavy atom. The van der Waals surface area contributed by atoms with Gasteiger partial charge in [0.15, 0.2) is 5.65 Å². The van der Waals surface area contributed by atoms with E-state index in [9.17, 15) is 4.79 Å². The topological polar surface area (TPSA) is 58.1 Å². The van der Waals surface area contributed by atoms with Crippen molar-refractivity contribution in [3.63, 3.8) is 0 Å².